The van der Waals surface area contributed by atoms with Crippen LogP contribution in [0.2, 0.25) is 10.0 Å². The molecular weight excluding hydrogens is 629 g/mol. The minimum absolute atomic E-state index is 0.0136. The highest BCUT2D eigenvalue weighted by Gasteiger charge is 2.22. The van der Waals surface area contributed by atoms with E-state index < -0.39 is 5.97 Å². The number of carboxylic acids is 1. The molecular formula is C33H41Cl2N7O4. The van der Waals surface area contributed by atoms with Gasteiger partial charge in [0.25, 0.3) is 0 Å². The number of piperazine rings is 1. The summed E-state index contributed by atoms with van der Waals surface area (Å²) in [4.78, 5) is 43.2. The molecule has 2 N–H and O–H groups in total. The number of aliphatic carboxylic acids is 1. The summed E-state index contributed by atoms with van der Waals surface area (Å²) >= 11 is 12.7. The van der Waals surface area contributed by atoms with Gasteiger partial charge in [-0.15, -0.1) is 0 Å². The normalized spacial score (nSPS) is 17.1. The van der Waals surface area contributed by atoms with Crippen molar-refractivity contribution in [3.63, 3.8) is 0 Å². The van der Waals surface area contributed by atoms with Crippen LogP contribution in [0.4, 0.5) is 5.95 Å². The maximum absolute atomic E-state index is 11.3. The standard InChI is InChI=1S/C33H41Cl2N7O4/c1-22(32(44)45)3-6-40-9-11-42(12-10-40)33-37-19-29(20-38-33)46-31-14-25(13-30(39-31)26-15-27(34)17-28(35)16-26)21-41-7-4-24(5-8-41)18-36-23(2)43/h13-17,19-20,22,24H,3-12,18,21H2,1-2H3,(H,36,43)(H,44,45). The molecule has 2 aliphatic rings. The smallest absolute Gasteiger partial charge is 0.306 e. The number of halogens is 2. The summed E-state index contributed by atoms with van der Waals surface area (Å²) in [7, 11) is 0. The van der Waals surface area contributed by atoms with Gasteiger partial charge >= 0.3 is 5.97 Å². The zero-order chi connectivity index (χ0) is 32.6. The first-order valence-electron chi connectivity index (χ1n) is 15.8. The largest absolute Gasteiger partial charge is 0.481 e. The molecule has 2 fully saturated rings. The van der Waals surface area contributed by atoms with Crippen molar-refractivity contribution in [1.29, 1.82) is 0 Å². The minimum Gasteiger partial charge on any atom is -0.481 e. The number of aromatic nitrogens is 3. The lowest BCUT2D eigenvalue weighted by Gasteiger charge is -2.34. The van der Waals surface area contributed by atoms with Crippen LogP contribution in [0.15, 0.2) is 42.7 Å². The first-order chi connectivity index (χ1) is 22.1. The molecule has 1 unspecified atom stereocenters. The number of hydrogen-bond donors (Lipinski definition) is 2. The minimum atomic E-state index is -0.752. The predicted octanol–water partition coefficient (Wildman–Crippen LogP) is 5.22. The molecule has 246 valence electrons. The van der Waals surface area contributed by atoms with E-state index in [9.17, 15) is 9.59 Å². The van der Waals surface area contributed by atoms with Crippen LogP contribution in [0.25, 0.3) is 11.3 Å². The topological polar surface area (TPSA) is 124 Å². The van der Waals surface area contributed by atoms with E-state index in [2.05, 4.69) is 30.0 Å². The highest BCUT2D eigenvalue weighted by Crippen LogP contribution is 2.31. The summed E-state index contributed by atoms with van der Waals surface area (Å²) in [6, 6.07) is 9.34. The van der Waals surface area contributed by atoms with Gasteiger partial charge in [0.2, 0.25) is 17.7 Å². The average Bonchev–Trinajstić information content (AvgIpc) is 3.03. The van der Waals surface area contributed by atoms with E-state index in [1.807, 2.05) is 24.3 Å². The van der Waals surface area contributed by atoms with Crippen molar-refractivity contribution in [3.8, 4) is 22.9 Å². The number of ether oxygens (including phenoxy) is 1. The molecule has 1 amide bonds. The lowest BCUT2D eigenvalue weighted by atomic mass is 9.96. The molecule has 0 aliphatic carbocycles. The van der Waals surface area contributed by atoms with Gasteiger partial charge in [0.05, 0.1) is 24.0 Å². The molecule has 0 radical (unpaired) electrons. The summed E-state index contributed by atoms with van der Waals surface area (Å²) in [5.74, 6) is 0.928. The highest BCUT2D eigenvalue weighted by molar-refractivity contribution is 6.35. The van der Waals surface area contributed by atoms with Gasteiger partial charge in [0.1, 0.15) is 0 Å². The first-order valence-corrected chi connectivity index (χ1v) is 16.5. The molecule has 0 spiro atoms. The number of hydrogen-bond acceptors (Lipinski definition) is 9. The van der Waals surface area contributed by atoms with Crippen molar-refractivity contribution in [2.75, 3.05) is 57.3 Å². The fraction of sp³-hybridized carbons (Fsp3) is 0.485. The van der Waals surface area contributed by atoms with E-state index in [0.717, 1.165) is 82.9 Å². The Labute approximate surface area is 279 Å². The Balaban J connectivity index is 1.24. The van der Waals surface area contributed by atoms with Crippen molar-refractivity contribution in [2.45, 2.75) is 39.7 Å². The second-order valence-corrected chi connectivity index (χ2v) is 13.1. The number of nitrogens with zero attached hydrogens (tertiary/aromatic N) is 6. The lowest BCUT2D eigenvalue weighted by Crippen LogP contribution is -2.47. The van der Waals surface area contributed by atoms with Gasteiger partial charge in [-0.1, -0.05) is 30.1 Å². The number of rotatable bonds is 12. The monoisotopic (exact) mass is 669 g/mol. The van der Waals surface area contributed by atoms with Crippen LogP contribution in [0.3, 0.4) is 0 Å². The first kappa shape index (κ1) is 33.8. The predicted molar refractivity (Wildman–Crippen MR) is 179 cm³/mol. The fourth-order valence-corrected chi connectivity index (χ4v) is 6.29. The summed E-state index contributed by atoms with van der Waals surface area (Å²) in [6.45, 7) is 10.6. The van der Waals surface area contributed by atoms with Gasteiger partial charge in [-0.3, -0.25) is 19.4 Å². The van der Waals surface area contributed by atoms with Gasteiger partial charge < -0.3 is 20.1 Å². The third-order valence-corrected chi connectivity index (χ3v) is 9.00. The Morgan fingerprint density at radius 2 is 1.65 bits per heavy atom. The van der Waals surface area contributed by atoms with E-state index in [1.54, 1.807) is 32.3 Å². The van der Waals surface area contributed by atoms with E-state index >= 15 is 0 Å². The second-order valence-electron chi connectivity index (χ2n) is 12.2. The highest BCUT2D eigenvalue weighted by atomic mass is 35.5. The van der Waals surface area contributed by atoms with Crippen LogP contribution >= 0.6 is 23.2 Å². The molecule has 2 aliphatic heterocycles. The molecule has 2 aromatic heterocycles. The summed E-state index contributed by atoms with van der Waals surface area (Å²) in [5, 5.41) is 13.1. The van der Waals surface area contributed by atoms with Gasteiger partial charge in [-0.25, -0.2) is 15.0 Å². The SMILES string of the molecule is CC(=O)NCC1CCN(Cc2cc(Oc3cnc(N4CCN(CCC(C)C(=O)O)CC4)nc3)nc(-c3cc(Cl)cc(Cl)c3)c2)CC1. The Kier molecular flexibility index (Phi) is 11.7. The molecule has 0 bridgehead atoms. The van der Waals surface area contributed by atoms with Crippen molar-refractivity contribution in [3.05, 3.63) is 58.3 Å². The number of likely N-dealkylation sites (tertiary alicyclic amines) is 1. The fourth-order valence-electron chi connectivity index (χ4n) is 5.76. The number of carboxylic acid groups (broad SMARTS) is 1. The van der Waals surface area contributed by atoms with Crippen molar-refractivity contribution >= 4 is 41.0 Å². The van der Waals surface area contributed by atoms with Crippen LogP contribution in [-0.4, -0.2) is 94.1 Å². The molecule has 4 heterocycles. The summed E-state index contributed by atoms with van der Waals surface area (Å²) in [5.41, 5.74) is 2.54. The second kappa shape index (κ2) is 15.9. The lowest BCUT2D eigenvalue weighted by molar-refractivity contribution is -0.141. The summed E-state index contributed by atoms with van der Waals surface area (Å²) in [6.07, 6.45) is 6.00. The molecule has 46 heavy (non-hydrogen) atoms. The van der Waals surface area contributed by atoms with Crippen LogP contribution in [0.1, 0.15) is 38.7 Å². The van der Waals surface area contributed by atoms with Crippen molar-refractivity contribution in [2.24, 2.45) is 11.8 Å². The van der Waals surface area contributed by atoms with Crippen LogP contribution in [0.5, 0.6) is 11.6 Å². The zero-order valence-corrected chi connectivity index (χ0v) is 27.8. The Hall–Kier alpha value is -3.51. The van der Waals surface area contributed by atoms with Gasteiger partial charge in [0.15, 0.2) is 5.75 Å². The zero-order valence-electron chi connectivity index (χ0n) is 26.3. The molecule has 1 aromatic carbocycles. The van der Waals surface area contributed by atoms with Gasteiger partial charge in [-0.2, -0.15) is 0 Å². The third kappa shape index (κ3) is 9.75. The van der Waals surface area contributed by atoms with E-state index in [0.29, 0.717) is 45.7 Å². The Morgan fingerprint density at radius 3 is 2.28 bits per heavy atom. The maximum atomic E-state index is 11.3. The van der Waals surface area contributed by atoms with Crippen LogP contribution in [-0.2, 0) is 16.1 Å². The average molecular weight is 671 g/mol. The Bertz CT molecular complexity index is 1470. The molecule has 1 atom stereocenters. The van der Waals surface area contributed by atoms with E-state index in [4.69, 9.17) is 38.0 Å². The molecule has 0 saturated carbocycles. The Morgan fingerprint density at radius 1 is 0.978 bits per heavy atom. The molecule has 2 saturated heterocycles. The van der Waals surface area contributed by atoms with Crippen molar-refractivity contribution in [1.82, 2.24) is 30.1 Å². The molecule has 11 nitrogen and oxygen atoms in total. The number of carbonyl (C=O) groups is 2. The molecule has 13 heteroatoms. The third-order valence-electron chi connectivity index (χ3n) is 8.56. The van der Waals surface area contributed by atoms with E-state index in [1.165, 1.54) is 0 Å². The van der Waals surface area contributed by atoms with Crippen LogP contribution in [0, 0.1) is 11.8 Å². The number of pyridine rings is 1. The quantitative estimate of drug-likeness (QED) is 0.265. The molecule has 3 aromatic rings. The number of amides is 1. The number of benzene rings is 1. The number of anilines is 1. The molecule has 5 rings (SSSR count). The van der Waals surface area contributed by atoms with Gasteiger partial charge in [-0.05, 0) is 74.6 Å². The van der Waals surface area contributed by atoms with Crippen molar-refractivity contribution < 1.29 is 19.4 Å². The van der Waals surface area contributed by atoms with Gasteiger partial charge in [0, 0.05) is 67.9 Å². The number of piperidine rings is 1. The van der Waals surface area contributed by atoms with Crippen LogP contribution < -0.4 is 15.0 Å². The number of nitrogens with one attached hydrogen (secondary N) is 1. The van der Waals surface area contributed by atoms with E-state index in [-0.39, 0.29) is 11.8 Å². The maximum Gasteiger partial charge on any atom is 0.306 e. The number of carbonyl (C=O) groups excluding carboxylic acids is 1. The summed E-state index contributed by atoms with van der Waals surface area (Å²) < 4.78 is 6.20.